The third kappa shape index (κ3) is 22.8. The Labute approximate surface area is 572 Å². The van der Waals surface area contributed by atoms with E-state index in [2.05, 4.69) is 62.8 Å². The number of aliphatic carboxylic acids is 1. The number of aliphatic hydroxyl groups excluding tert-OH is 1. The number of H-pyrrole nitrogens is 1. The summed E-state index contributed by atoms with van der Waals surface area (Å²) in [4.78, 5) is 167. The number of hydrogen-bond acceptors (Lipinski definition) is 15. The minimum absolute atomic E-state index is 0.0491. The molecule has 0 saturated carbocycles. The number of aliphatic hydroxyl groups is 1. The normalized spacial score (nSPS) is 15.1. The Morgan fingerprint density at radius 2 is 1.16 bits per heavy atom. The lowest BCUT2D eigenvalue weighted by Crippen LogP contribution is -2.61. The second-order valence-corrected chi connectivity index (χ2v) is 24.8. The van der Waals surface area contributed by atoms with Gasteiger partial charge in [-0.3, -0.25) is 57.7 Å². The first kappa shape index (κ1) is 75.4. The number of rotatable bonds is 36. The number of guanidine groups is 1. The van der Waals surface area contributed by atoms with Gasteiger partial charge >= 0.3 is 5.97 Å². The van der Waals surface area contributed by atoms with Gasteiger partial charge in [-0.15, -0.1) is 0 Å². The van der Waals surface area contributed by atoms with Crippen molar-refractivity contribution in [1.82, 2.24) is 62.7 Å². The number of likely N-dealkylation sites (tertiary alicyclic amines) is 1. The monoisotopic (exact) mass is 1360 g/mol. The predicted molar refractivity (Wildman–Crippen MR) is 367 cm³/mol. The number of aromatic nitrogens is 2. The van der Waals surface area contributed by atoms with E-state index in [1.807, 2.05) is 68.4 Å². The third-order valence-corrected chi connectivity index (χ3v) is 16.7. The number of nitrogens with two attached hydrogens (primary N) is 2. The van der Waals surface area contributed by atoms with Crippen LogP contribution in [0.1, 0.15) is 95.0 Å². The van der Waals surface area contributed by atoms with E-state index in [1.165, 1.54) is 41.7 Å². The van der Waals surface area contributed by atoms with E-state index in [1.54, 1.807) is 37.3 Å². The molecule has 99 heavy (non-hydrogen) atoms. The smallest absolute Gasteiger partial charge is 0.303 e. The van der Waals surface area contributed by atoms with Gasteiger partial charge in [0.1, 0.15) is 60.1 Å². The molecule has 1 aliphatic heterocycles. The number of carbonyl (C=O) groups excluding carboxylic acids is 10. The van der Waals surface area contributed by atoms with E-state index in [-0.39, 0.29) is 88.0 Å². The quantitative estimate of drug-likeness (QED) is 0.0146. The molecule has 10 amide bonds. The number of nitrogens with one attached hydrogen (secondary N) is 10. The first-order chi connectivity index (χ1) is 47.4. The lowest BCUT2D eigenvalue weighted by Gasteiger charge is -2.30. The Hall–Kier alpha value is -11.0. The molecule has 0 unspecified atom stereocenters. The number of amides is 10. The number of carbonyl (C=O) groups is 11. The molecule has 5 aromatic carbocycles. The molecule has 1 fully saturated rings. The highest BCUT2D eigenvalue weighted by atomic mass is 16.4. The number of benzene rings is 5. The van der Waals surface area contributed by atoms with Crippen LogP contribution in [0.5, 0.6) is 5.75 Å². The Bertz CT molecular complexity index is 3840. The van der Waals surface area contributed by atoms with Crippen LogP contribution < -0.4 is 59.3 Å². The predicted octanol–water partition coefficient (Wildman–Crippen LogP) is 0.675. The maximum Gasteiger partial charge on any atom is 0.303 e. The first-order valence-corrected chi connectivity index (χ1v) is 32.9. The molecular formula is C70H89N15O14. The SMILES string of the molecule is CCNC(=O)[C@@H]1CCCN1C(=O)[C@H](CCCN=C(N)N)NC(=O)[C@H](CC(C)C)NC(=O)[C@H](Cc1ccc2ccccc2c1)NC(=O)[C@H](Cc1ccc(O)cc1)NC(=O)[C@H](CO)NC(=O)[C@@H](Cc1cccc2ccccc12)NC(=O)[C@H](Cc1cnc[nH]1)NC(=O)[C@H](CCC(=O)O)NC(C)=O. The van der Waals surface area contributed by atoms with Crippen LogP contribution >= 0.6 is 0 Å². The summed E-state index contributed by atoms with van der Waals surface area (Å²) in [5, 5.41) is 57.9. The Kier molecular flexibility index (Phi) is 28.1. The van der Waals surface area contributed by atoms with Crippen LogP contribution in [0.4, 0.5) is 0 Å². The summed E-state index contributed by atoms with van der Waals surface area (Å²) in [6, 6.07) is 18.4. The van der Waals surface area contributed by atoms with Crippen LogP contribution in [0.2, 0.25) is 0 Å². The maximum atomic E-state index is 15.2. The van der Waals surface area contributed by atoms with Gasteiger partial charge in [0.25, 0.3) is 0 Å². The molecule has 1 aromatic heterocycles. The van der Waals surface area contributed by atoms with Gasteiger partial charge in [0.2, 0.25) is 59.1 Å². The number of nitrogens with zero attached hydrogens (tertiary/aromatic N) is 3. The average molecular weight is 1360 g/mol. The fourth-order valence-electron chi connectivity index (χ4n) is 11.8. The van der Waals surface area contributed by atoms with Crippen LogP contribution in [0.15, 0.2) is 127 Å². The second kappa shape index (κ2) is 37.0. The number of hydrogen-bond donors (Lipinski definition) is 15. The van der Waals surface area contributed by atoms with E-state index in [0.29, 0.717) is 47.2 Å². The number of fused-ring (bicyclic) bond motifs is 2. The highest BCUT2D eigenvalue weighted by Crippen LogP contribution is 2.24. The van der Waals surface area contributed by atoms with Crippen LogP contribution in [-0.4, -0.2) is 182 Å². The molecular weight excluding hydrogens is 1270 g/mol. The summed E-state index contributed by atoms with van der Waals surface area (Å²) < 4.78 is 0. The number of likely N-dealkylation sites (N-methyl/N-ethyl adjacent to an activating group) is 1. The highest BCUT2D eigenvalue weighted by Gasteiger charge is 2.40. The van der Waals surface area contributed by atoms with Crippen molar-refractivity contribution in [2.24, 2.45) is 22.4 Å². The number of imidazole rings is 1. The van der Waals surface area contributed by atoms with Gasteiger partial charge in [0.15, 0.2) is 5.96 Å². The standard InChI is InChI=1S/C70H89N15O14/c1-5-74-68(98)59-20-12-30-85(59)69(99)52(19-11-29-75-70(71)72)78-62(92)53(31-40(2)3)79-64(94)55(34-43-21-24-44-13-6-7-15-46(44)32-43)80-63(93)54(33-42-22-25-49(88)26-23-42)81-67(97)58(38-86)84-65(95)56(35-47-17-10-16-45-14-8-9-18-50(45)47)82-66(96)57(36-48-37-73-39-76-48)83-61(91)51(77-41(4)87)27-28-60(89)90/h6-10,13-18,21-26,32,37,39-40,51-59,86,88H,5,11-12,19-20,27-31,33-36,38H2,1-4H3,(H,73,76)(H,74,98)(H,77,87)(H,78,92)(H,79,94)(H,80,93)(H,81,97)(H,82,96)(H,83,91)(H,84,95)(H,89,90)(H4,71,72,75)/t51-,52-,53-,54-,55-,56+,57-,58-,59-/m0/s1. The van der Waals surface area contributed by atoms with Gasteiger partial charge in [-0.2, -0.15) is 0 Å². The summed E-state index contributed by atoms with van der Waals surface area (Å²) in [6.07, 6.45) is 2.20. The van der Waals surface area contributed by atoms with E-state index in [4.69, 9.17) is 11.5 Å². The summed E-state index contributed by atoms with van der Waals surface area (Å²) in [5.74, 6) is -9.77. The van der Waals surface area contributed by atoms with E-state index >= 15 is 9.59 Å². The summed E-state index contributed by atoms with van der Waals surface area (Å²) in [7, 11) is 0. The zero-order chi connectivity index (χ0) is 71.7. The van der Waals surface area contributed by atoms with Crippen molar-refractivity contribution in [3.8, 4) is 5.75 Å². The van der Waals surface area contributed by atoms with Crippen LogP contribution in [-0.2, 0) is 78.4 Å². The molecule has 528 valence electrons. The van der Waals surface area contributed by atoms with Crippen molar-refractivity contribution < 1.29 is 68.1 Å². The van der Waals surface area contributed by atoms with Gasteiger partial charge in [-0.1, -0.05) is 111 Å². The van der Waals surface area contributed by atoms with E-state index in [0.717, 1.165) is 23.1 Å². The Balaban J connectivity index is 1.18. The van der Waals surface area contributed by atoms with Crippen molar-refractivity contribution in [1.29, 1.82) is 0 Å². The zero-order valence-electron chi connectivity index (χ0n) is 55.8. The van der Waals surface area contributed by atoms with Crippen LogP contribution in [0.25, 0.3) is 21.5 Å². The molecule has 0 aliphatic carbocycles. The van der Waals surface area contributed by atoms with Crippen molar-refractivity contribution >= 4 is 92.5 Å². The number of phenolic OH excluding ortho intramolecular Hbond substituents is 1. The molecule has 7 rings (SSSR count). The summed E-state index contributed by atoms with van der Waals surface area (Å²) in [6.45, 7) is 6.17. The Morgan fingerprint density at radius 1 is 0.616 bits per heavy atom. The molecule has 2 heterocycles. The molecule has 6 aromatic rings. The average Bonchev–Trinajstić information content (AvgIpc) is 1.61. The fourth-order valence-corrected chi connectivity index (χ4v) is 11.8. The molecule has 9 atom stereocenters. The number of aromatic amines is 1. The van der Waals surface area contributed by atoms with Crippen LogP contribution in [0.3, 0.4) is 0 Å². The topological polar surface area (TPSA) is 453 Å². The number of carboxylic acids is 1. The zero-order valence-corrected chi connectivity index (χ0v) is 55.8. The van der Waals surface area contributed by atoms with Gasteiger partial charge in [-0.25, -0.2) is 4.98 Å². The number of aromatic hydroxyl groups is 1. The molecule has 1 aliphatic rings. The molecule has 17 N–H and O–H groups in total. The third-order valence-electron chi connectivity index (χ3n) is 16.7. The van der Waals surface area contributed by atoms with Crippen LogP contribution in [0, 0.1) is 5.92 Å². The minimum atomic E-state index is -1.84. The number of aliphatic imine (C=N–C) groups is 1. The second-order valence-electron chi connectivity index (χ2n) is 24.8. The van der Waals surface area contributed by atoms with E-state index in [9.17, 15) is 58.5 Å². The van der Waals surface area contributed by atoms with Crippen molar-refractivity contribution in [3.63, 3.8) is 0 Å². The fraction of sp³-hybridized carbons (Fsp3) is 0.414. The lowest BCUT2D eigenvalue weighted by atomic mass is 9.97. The minimum Gasteiger partial charge on any atom is -0.508 e. The largest absolute Gasteiger partial charge is 0.508 e. The molecule has 0 bridgehead atoms. The van der Waals surface area contributed by atoms with Crippen molar-refractivity contribution in [2.45, 2.75) is 153 Å². The van der Waals surface area contributed by atoms with E-state index < -0.39 is 127 Å². The Morgan fingerprint density at radius 3 is 1.77 bits per heavy atom. The van der Waals surface area contributed by atoms with Crippen molar-refractivity contribution in [3.05, 3.63) is 144 Å². The highest BCUT2D eigenvalue weighted by molar-refractivity contribution is 6.00. The summed E-state index contributed by atoms with van der Waals surface area (Å²) >= 11 is 0. The molecule has 0 spiro atoms. The molecule has 0 radical (unpaired) electrons. The molecule has 29 nitrogen and oxygen atoms in total. The van der Waals surface area contributed by atoms with Gasteiger partial charge in [0, 0.05) is 70.6 Å². The van der Waals surface area contributed by atoms with Crippen molar-refractivity contribution in [2.75, 3.05) is 26.2 Å². The number of carboxylic acid groups (broad SMARTS) is 1. The van der Waals surface area contributed by atoms with Gasteiger partial charge in [-0.05, 0) is 102 Å². The number of phenols is 1. The molecule has 1 saturated heterocycles. The summed E-state index contributed by atoms with van der Waals surface area (Å²) in [5.41, 5.74) is 13.1. The first-order valence-electron chi connectivity index (χ1n) is 32.9. The van der Waals surface area contributed by atoms with Gasteiger partial charge in [0.05, 0.1) is 12.9 Å². The maximum absolute atomic E-state index is 15.2. The van der Waals surface area contributed by atoms with Gasteiger partial charge < -0.3 is 84.5 Å². The molecule has 29 heteroatoms. The lowest BCUT2D eigenvalue weighted by molar-refractivity contribution is -0.142.